The zero-order chi connectivity index (χ0) is 12.1. The molecule has 0 aromatic rings. The molecule has 1 unspecified atom stereocenters. The number of nitrogens with zero attached hydrogens (tertiary/aromatic N) is 1. The third kappa shape index (κ3) is 4.21. The van der Waals surface area contributed by atoms with Crippen molar-refractivity contribution in [2.24, 2.45) is 0 Å². The summed E-state index contributed by atoms with van der Waals surface area (Å²) in [4.78, 5) is 2.36. The van der Waals surface area contributed by atoms with Crippen LogP contribution in [0.2, 0.25) is 0 Å². The number of hydrogen-bond acceptors (Lipinski definition) is 4. The lowest BCUT2D eigenvalue weighted by Crippen LogP contribution is -2.45. The number of hydrogen-bond donors (Lipinski definition) is 1. The van der Waals surface area contributed by atoms with Crippen LogP contribution in [0.4, 0.5) is 0 Å². The summed E-state index contributed by atoms with van der Waals surface area (Å²) >= 11 is 0. The first kappa shape index (κ1) is 13.3. The zero-order valence-corrected chi connectivity index (χ0v) is 10.8. The molecule has 0 aromatic carbocycles. The van der Waals surface area contributed by atoms with Gasteiger partial charge in [0, 0.05) is 19.1 Å². The van der Waals surface area contributed by atoms with E-state index in [9.17, 15) is 5.11 Å². The van der Waals surface area contributed by atoms with Crippen LogP contribution in [0.25, 0.3) is 0 Å². The molecule has 0 spiro atoms. The molecule has 17 heavy (non-hydrogen) atoms. The van der Waals surface area contributed by atoms with Crippen molar-refractivity contribution >= 4 is 0 Å². The van der Waals surface area contributed by atoms with Crippen molar-refractivity contribution in [2.45, 2.75) is 57.5 Å². The molecule has 2 aliphatic rings. The lowest BCUT2D eigenvalue weighted by molar-refractivity contribution is -0.0761. The van der Waals surface area contributed by atoms with Crippen LogP contribution in [0.1, 0.15) is 39.0 Å². The Hall–Kier alpha value is -0.160. The Labute approximate surface area is 104 Å². The molecule has 1 heterocycles. The molecule has 0 aromatic heterocycles. The van der Waals surface area contributed by atoms with Crippen molar-refractivity contribution in [1.29, 1.82) is 0 Å². The maximum absolute atomic E-state index is 9.60. The van der Waals surface area contributed by atoms with E-state index in [1.165, 1.54) is 32.1 Å². The molecule has 2 fully saturated rings. The van der Waals surface area contributed by atoms with Gasteiger partial charge >= 0.3 is 0 Å². The molecule has 1 aliphatic heterocycles. The summed E-state index contributed by atoms with van der Waals surface area (Å²) in [7, 11) is 0. The van der Waals surface area contributed by atoms with Gasteiger partial charge in [0.15, 0.2) is 6.29 Å². The Bertz CT molecular complexity index is 211. The molecule has 4 heteroatoms. The summed E-state index contributed by atoms with van der Waals surface area (Å²) in [5, 5.41) is 9.60. The van der Waals surface area contributed by atoms with E-state index in [0.29, 0.717) is 19.3 Å². The van der Waals surface area contributed by atoms with E-state index in [1.807, 2.05) is 6.92 Å². The minimum Gasteiger partial charge on any atom is -0.392 e. The first-order valence-electron chi connectivity index (χ1n) is 6.91. The predicted octanol–water partition coefficient (Wildman–Crippen LogP) is 1.37. The normalized spacial score (nSPS) is 25.6. The van der Waals surface area contributed by atoms with Gasteiger partial charge in [-0.1, -0.05) is 19.3 Å². The van der Waals surface area contributed by atoms with Gasteiger partial charge in [-0.05, 0) is 19.8 Å². The quantitative estimate of drug-likeness (QED) is 0.792. The fraction of sp³-hybridized carbons (Fsp3) is 1.00. The fourth-order valence-corrected chi connectivity index (χ4v) is 2.86. The highest BCUT2D eigenvalue weighted by atomic mass is 16.7. The van der Waals surface area contributed by atoms with E-state index in [4.69, 9.17) is 9.47 Å². The molecule has 1 aliphatic carbocycles. The fourth-order valence-electron chi connectivity index (χ4n) is 2.86. The number of aliphatic hydroxyl groups excluding tert-OH is 1. The minimum atomic E-state index is -0.279. The molecular weight excluding hydrogens is 218 g/mol. The smallest absolute Gasteiger partial charge is 0.170 e. The highest BCUT2D eigenvalue weighted by Crippen LogP contribution is 2.23. The number of rotatable bonds is 5. The van der Waals surface area contributed by atoms with E-state index in [1.54, 1.807) is 0 Å². The summed E-state index contributed by atoms with van der Waals surface area (Å²) in [6.07, 6.45) is 6.11. The maximum Gasteiger partial charge on any atom is 0.170 e. The summed E-state index contributed by atoms with van der Waals surface area (Å²) in [5.41, 5.74) is 0. The van der Waals surface area contributed by atoms with Crippen molar-refractivity contribution in [3.05, 3.63) is 0 Å². The van der Waals surface area contributed by atoms with Crippen molar-refractivity contribution in [3.63, 3.8) is 0 Å². The van der Waals surface area contributed by atoms with E-state index in [0.717, 1.165) is 13.1 Å². The average molecular weight is 243 g/mol. The van der Waals surface area contributed by atoms with E-state index in [2.05, 4.69) is 4.90 Å². The Morgan fingerprint density at radius 1 is 1.18 bits per heavy atom. The van der Waals surface area contributed by atoms with Gasteiger partial charge in [-0.2, -0.15) is 0 Å². The first-order chi connectivity index (χ1) is 8.25. The average Bonchev–Trinajstić information content (AvgIpc) is 2.82. The topological polar surface area (TPSA) is 41.9 Å². The molecule has 2 rings (SSSR count). The van der Waals surface area contributed by atoms with Crippen molar-refractivity contribution < 1.29 is 14.6 Å². The van der Waals surface area contributed by atoms with Crippen LogP contribution >= 0.6 is 0 Å². The van der Waals surface area contributed by atoms with E-state index < -0.39 is 0 Å². The molecule has 1 N–H and O–H groups in total. The molecule has 4 nitrogen and oxygen atoms in total. The standard InChI is InChI=1S/C13H25NO3/c1-11(15)9-14(10-13-16-7-8-17-13)12-5-3-2-4-6-12/h11-13,15H,2-10H2,1H3. The van der Waals surface area contributed by atoms with Gasteiger partial charge in [0.2, 0.25) is 0 Å². The van der Waals surface area contributed by atoms with Crippen LogP contribution in [0.15, 0.2) is 0 Å². The van der Waals surface area contributed by atoms with Gasteiger partial charge in [-0.3, -0.25) is 4.90 Å². The summed E-state index contributed by atoms with van der Waals surface area (Å²) in [5.74, 6) is 0. The lowest BCUT2D eigenvalue weighted by Gasteiger charge is -2.36. The van der Waals surface area contributed by atoms with Crippen LogP contribution in [-0.4, -0.2) is 54.7 Å². The summed E-state index contributed by atoms with van der Waals surface area (Å²) in [6.45, 7) is 4.80. The number of aliphatic hydroxyl groups is 1. The highest BCUT2D eigenvalue weighted by molar-refractivity contribution is 4.78. The molecular formula is C13H25NO3. The molecule has 100 valence electrons. The van der Waals surface area contributed by atoms with Crippen LogP contribution < -0.4 is 0 Å². The van der Waals surface area contributed by atoms with Crippen molar-refractivity contribution in [2.75, 3.05) is 26.3 Å². The van der Waals surface area contributed by atoms with Crippen molar-refractivity contribution in [1.82, 2.24) is 4.90 Å². The maximum atomic E-state index is 9.60. The monoisotopic (exact) mass is 243 g/mol. The Balaban J connectivity index is 1.86. The molecule has 1 saturated heterocycles. The van der Waals surface area contributed by atoms with Gasteiger partial charge < -0.3 is 14.6 Å². The van der Waals surface area contributed by atoms with Gasteiger partial charge in [0.25, 0.3) is 0 Å². The zero-order valence-electron chi connectivity index (χ0n) is 10.8. The Kier molecular flexibility index (Phi) is 5.22. The van der Waals surface area contributed by atoms with E-state index in [-0.39, 0.29) is 12.4 Å². The van der Waals surface area contributed by atoms with Crippen LogP contribution in [0, 0.1) is 0 Å². The van der Waals surface area contributed by atoms with E-state index >= 15 is 0 Å². The molecule has 0 bridgehead atoms. The second-order valence-corrected chi connectivity index (χ2v) is 5.27. The Morgan fingerprint density at radius 2 is 1.82 bits per heavy atom. The van der Waals surface area contributed by atoms with Gasteiger partial charge in [-0.15, -0.1) is 0 Å². The Morgan fingerprint density at radius 3 is 2.41 bits per heavy atom. The summed E-state index contributed by atoms with van der Waals surface area (Å²) in [6, 6.07) is 0.603. The molecule has 1 saturated carbocycles. The van der Waals surface area contributed by atoms with Crippen LogP contribution in [-0.2, 0) is 9.47 Å². The SMILES string of the molecule is CC(O)CN(CC1OCCO1)C1CCCCC1. The minimum absolute atomic E-state index is 0.0873. The molecule has 1 atom stereocenters. The highest BCUT2D eigenvalue weighted by Gasteiger charge is 2.27. The third-order valence-corrected chi connectivity index (χ3v) is 3.66. The third-order valence-electron chi connectivity index (χ3n) is 3.66. The second-order valence-electron chi connectivity index (χ2n) is 5.27. The van der Waals surface area contributed by atoms with Gasteiger partial charge in [-0.25, -0.2) is 0 Å². The molecule has 0 radical (unpaired) electrons. The number of ether oxygens (including phenoxy) is 2. The van der Waals surface area contributed by atoms with Crippen LogP contribution in [0.5, 0.6) is 0 Å². The second kappa shape index (κ2) is 6.69. The first-order valence-corrected chi connectivity index (χ1v) is 6.91. The van der Waals surface area contributed by atoms with Crippen LogP contribution in [0.3, 0.4) is 0 Å². The molecule has 0 amide bonds. The lowest BCUT2D eigenvalue weighted by atomic mass is 9.94. The van der Waals surface area contributed by atoms with Gasteiger partial charge in [0.05, 0.1) is 19.3 Å². The predicted molar refractivity (Wildman–Crippen MR) is 65.8 cm³/mol. The van der Waals surface area contributed by atoms with Gasteiger partial charge in [0.1, 0.15) is 0 Å². The summed E-state index contributed by atoms with van der Waals surface area (Å²) < 4.78 is 11.0. The van der Waals surface area contributed by atoms with Crippen molar-refractivity contribution in [3.8, 4) is 0 Å². The largest absolute Gasteiger partial charge is 0.392 e.